The lowest BCUT2D eigenvalue weighted by Gasteiger charge is -1.98. The summed E-state index contributed by atoms with van der Waals surface area (Å²) in [6.07, 6.45) is 0. The largest absolute Gasteiger partial charge is 0.488 e. The second-order valence-electron chi connectivity index (χ2n) is 3.14. The molecule has 0 atom stereocenters. The lowest BCUT2D eigenvalue weighted by Crippen LogP contribution is -2.29. The van der Waals surface area contributed by atoms with Gasteiger partial charge in [-0.2, -0.15) is 0 Å². The molecule has 0 spiro atoms. The normalized spacial score (nSPS) is 10.8. The Bertz CT molecular complexity index is 529. The molecule has 0 bridgehead atoms. The standard InChI is InChI=1S/C8H9BN2O3/c1-11-7-3-2-5(9(13)14)4-6(7)10-8(11)12/h2-4,13-14H,1H3,(H,10,12). The van der Waals surface area contributed by atoms with Crippen LogP contribution >= 0.6 is 0 Å². The van der Waals surface area contributed by atoms with Crippen molar-refractivity contribution in [1.29, 1.82) is 0 Å². The molecule has 1 aromatic heterocycles. The van der Waals surface area contributed by atoms with Gasteiger partial charge in [0.2, 0.25) is 0 Å². The predicted molar refractivity (Wildman–Crippen MR) is 53.4 cm³/mol. The number of nitrogens with one attached hydrogen (secondary N) is 1. The van der Waals surface area contributed by atoms with E-state index in [1.165, 1.54) is 4.57 Å². The van der Waals surface area contributed by atoms with Crippen LogP contribution in [0.5, 0.6) is 0 Å². The Hall–Kier alpha value is -1.53. The molecule has 1 aromatic carbocycles. The van der Waals surface area contributed by atoms with Crippen molar-refractivity contribution in [2.75, 3.05) is 0 Å². The van der Waals surface area contributed by atoms with E-state index in [2.05, 4.69) is 4.98 Å². The molecule has 0 amide bonds. The number of aromatic amines is 1. The van der Waals surface area contributed by atoms with Crippen LogP contribution in [0.1, 0.15) is 0 Å². The van der Waals surface area contributed by atoms with Gasteiger partial charge in [0.15, 0.2) is 0 Å². The average molecular weight is 192 g/mol. The summed E-state index contributed by atoms with van der Waals surface area (Å²) in [5.74, 6) is 0. The van der Waals surface area contributed by atoms with Crippen LogP contribution < -0.4 is 11.2 Å². The minimum absolute atomic E-state index is 0.218. The number of rotatable bonds is 1. The summed E-state index contributed by atoms with van der Waals surface area (Å²) in [5, 5.41) is 17.8. The van der Waals surface area contributed by atoms with Gasteiger partial charge in [0, 0.05) is 7.05 Å². The first kappa shape index (κ1) is 9.05. The molecule has 0 unspecified atom stereocenters. The van der Waals surface area contributed by atoms with Crippen LogP contribution in [-0.4, -0.2) is 26.7 Å². The third-order valence-corrected chi connectivity index (χ3v) is 2.23. The second-order valence-corrected chi connectivity index (χ2v) is 3.14. The first-order chi connectivity index (χ1) is 6.59. The molecule has 1 heterocycles. The van der Waals surface area contributed by atoms with E-state index in [1.807, 2.05) is 0 Å². The zero-order chi connectivity index (χ0) is 10.3. The van der Waals surface area contributed by atoms with E-state index in [4.69, 9.17) is 10.0 Å². The van der Waals surface area contributed by atoms with Gasteiger partial charge >= 0.3 is 12.8 Å². The molecular formula is C8H9BN2O3. The zero-order valence-electron chi connectivity index (χ0n) is 7.56. The summed E-state index contributed by atoms with van der Waals surface area (Å²) in [6.45, 7) is 0. The van der Waals surface area contributed by atoms with Crippen molar-refractivity contribution in [3.8, 4) is 0 Å². The zero-order valence-corrected chi connectivity index (χ0v) is 7.56. The van der Waals surface area contributed by atoms with E-state index in [1.54, 1.807) is 25.2 Å². The van der Waals surface area contributed by atoms with Gasteiger partial charge in [0.05, 0.1) is 11.0 Å². The molecule has 0 saturated heterocycles. The Kier molecular flexibility index (Phi) is 1.94. The van der Waals surface area contributed by atoms with Gasteiger partial charge < -0.3 is 15.0 Å². The lowest BCUT2D eigenvalue weighted by molar-refractivity contribution is 0.426. The highest BCUT2D eigenvalue weighted by atomic mass is 16.4. The summed E-state index contributed by atoms with van der Waals surface area (Å²) in [7, 11) is 0.138. The number of fused-ring (bicyclic) bond motifs is 1. The van der Waals surface area contributed by atoms with E-state index < -0.39 is 7.12 Å². The summed E-state index contributed by atoms with van der Waals surface area (Å²) in [6, 6.07) is 4.78. The Morgan fingerprint density at radius 1 is 1.43 bits per heavy atom. The van der Waals surface area contributed by atoms with Crippen molar-refractivity contribution >= 4 is 23.6 Å². The summed E-state index contributed by atoms with van der Waals surface area (Å²) in [5.41, 5.74) is 1.48. The highest BCUT2D eigenvalue weighted by Crippen LogP contribution is 2.05. The van der Waals surface area contributed by atoms with Crippen LogP contribution in [0.25, 0.3) is 11.0 Å². The number of nitrogens with zero attached hydrogens (tertiary/aromatic N) is 1. The molecule has 72 valence electrons. The maximum absolute atomic E-state index is 11.2. The molecule has 2 aromatic rings. The molecular weight excluding hydrogens is 183 g/mol. The van der Waals surface area contributed by atoms with Crippen LogP contribution in [0, 0.1) is 0 Å². The molecule has 2 rings (SSSR count). The first-order valence-electron chi connectivity index (χ1n) is 4.14. The van der Waals surface area contributed by atoms with Gasteiger partial charge in [-0.25, -0.2) is 4.79 Å². The van der Waals surface area contributed by atoms with E-state index in [0.29, 0.717) is 11.0 Å². The molecule has 3 N–H and O–H groups in total. The fourth-order valence-corrected chi connectivity index (χ4v) is 1.42. The van der Waals surface area contributed by atoms with Crippen molar-refractivity contribution in [3.05, 3.63) is 28.7 Å². The molecule has 0 aliphatic carbocycles. The lowest BCUT2D eigenvalue weighted by atomic mass is 9.80. The molecule has 0 radical (unpaired) electrons. The first-order valence-corrected chi connectivity index (χ1v) is 4.14. The Balaban J connectivity index is 2.73. The van der Waals surface area contributed by atoms with E-state index in [-0.39, 0.29) is 5.69 Å². The number of hydrogen-bond acceptors (Lipinski definition) is 3. The Labute approximate surface area is 79.8 Å². The minimum Gasteiger partial charge on any atom is -0.423 e. The van der Waals surface area contributed by atoms with Gasteiger partial charge in [0.25, 0.3) is 0 Å². The van der Waals surface area contributed by atoms with E-state index in [0.717, 1.165) is 5.52 Å². The van der Waals surface area contributed by atoms with Crippen molar-refractivity contribution in [3.63, 3.8) is 0 Å². The fraction of sp³-hybridized carbons (Fsp3) is 0.125. The summed E-state index contributed by atoms with van der Waals surface area (Å²) < 4.78 is 1.46. The maximum atomic E-state index is 11.2. The fourth-order valence-electron chi connectivity index (χ4n) is 1.42. The van der Waals surface area contributed by atoms with Crippen molar-refractivity contribution in [2.45, 2.75) is 0 Å². The highest BCUT2D eigenvalue weighted by molar-refractivity contribution is 6.58. The molecule has 0 aliphatic heterocycles. The summed E-state index contributed by atoms with van der Waals surface area (Å²) >= 11 is 0. The van der Waals surface area contributed by atoms with Crippen molar-refractivity contribution in [1.82, 2.24) is 9.55 Å². The van der Waals surface area contributed by atoms with Gasteiger partial charge in [-0.05, 0) is 17.6 Å². The van der Waals surface area contributed by atoms with Crippen molar-refractivity contribution in [2.24, 2.45) is 7.05 Å². The Morgan fingerprint density at radius 3 is 2.79 bits per heavy atom. The third kappa shape index (κ3) is 1.25. The molecule has 0 fully saturated rings. The number of aromatic nitrogens is 2. The number of aryl methyl sites for hydroxylation is 1. The highest BCUT2D eigenvalue weighted by Gasteiger charge is 2.12. The molecule has 0 saturated carbocycles. The molecule has 0 aliphatic rings. The van der Waals surface area contributed by atoms with Crippen molar-refractivity contribution < 1.29 is 10.0 Å². The number of benzene rings is 1. The average Bonchev–Trinajstić information content (AvgIpc) is 2.42. The van der Waals surface area contributed by atoms with Crippen LogP contribution in [0.3, 0.4) is 0 Å². The maximum Gasteiger partial charge on any atom is 0.488 e. The predicted octanol–water partition coefficient (Wildman–Crippen LogP) is -1.45. The van der Waals surface area contributed by atoms with Gasteiger partial charge in [-0.3, -0.25) is 4.57 Å². The van der Waals surface area contributed by atoms with E-state index >= 15 is 0 Å². The quantitative estimate of drug-likeness (QED) is 0.483. The van der Waals surface area contributed by atoms with Crippen LogP contribution in [0.4, 0.5) is 0 Å². The summed E-state index contributed by atoms with van der Waals surface area (Å²) in [4.78, 5) is 13.8. The van der Waals surface area contributed by atoms with Gasteiger partial charge in [0.1, 0.15) is 0 Å². The minimum atomic E-state index is -1.51. The van der Waals surface area contributed by atoms with E-state index in [9.17, 15) is 4.79 Å². The number of H-pyrrole nitrogens is 1. The molecule has 14 heavy (non-hydrogen) atoms. The second kappa shape index (κ2) is 3.00. The topological polar surface area (TPSA) is 78.2 Å². The number of imidazole rings is 1. The smallest absolute Gasteiger partial charge is 0.423 e. The number of hydrogen-bond donors (Lipinski definition) is 3. The van der Waals surface area contributed by atoms with Gasteiger partial charge in [-0.15, -0.1) is 0 Å². The monoisotopic (exact) mass is 192 g/mol. The Morgan fingerprint density at radius 2 is 2.14 bits per heavy atom. The van der Waals surface area contributed by atoms with Crippen LogP contribution in [0.15, 0.2) is 23.0 Å². The SMILES string of the molecule is Cn1c(=O)[nH]c2cc(B(O)O)ccc21. The van der Waals surface area contributed by atoms with Gasteiger partial charge in [-0.1, -0.05) is 6.07 Å². The molecule has 6 heteroatoms. The van der Waals surface area contributed by atoms with Crippen LogP contribution in [-0.2, 0) is 7.05 Å². The third-order valence-electron chi connectivity index (χ3n) is 2.23. The van der Waals surface area contributed by atoms with Crippen LogP contribution in [0.2, 0.25) is 0 Å². The molecule has 5 nitrogen and oxygen atoms in total.